The van der Waals surface area contributed by atoms with Crippen LogP contribution in [0.1, 0.15) is 10.4 Å². The van der Waals surface area contributed by atoms with Crippen LogP contribution in [0.25, 0.3) is 0 Å². The van der Waals surface area contributed by atoms with Crippen LogP contribution in [0.2, 0.25) is 0 Å². The maximum Gasteiger partial charge on any atom is 0.323 e. The van der Waals surface area contributed by atoms with Gasteiger partial charge in [0.2, 0.25) is 0 Å². The molecule has 0 aliphatic rings. The molecule has 18 heavy (non-hydrogen) atoms. The fraction of sp³-hybridized carbons (Fsp3) is 0.333. The lowest BCUT2D eigenvalue weighted by atomic mass is 10.2. The molecule has 0 radical (unpaired) electrons. The zero-order valence-electron chi connectivity index (χ0n) is 10.1. The number of carbonyl (C=O) groups is 2. The molecule has 0 saturated heterocycles. The van der Waals surface area contributed by atoms with Gasteiger partial charge in [0.15, 0.2) is 0 Å². The van der Waals surface area contributed by atoms with Crippen molar-refractivity contribution in [2.45, 2.75) is 0 Å². The van der Waals surface area contributed by atoms with E-state index in [1.54, 1.807) is 18.2 Å². The third kappa shape index (κ3) is 4.06. The lowest BCUT2D eigenvalue weighted by Crippen LogP contribution is -2.38. The number of nitrogens with zero attached hydrogens (tertiary/aromatic N) is 1. The number of hydrogen-bond acceptors (Lipinski definition) is 4. The molecule has 0 aromatic heterocycles. The van der Waals surface area contributed by atoms with Crippen molar-refractivity contribution in [2.75, 3.05) is 32.5 Å². The number of ether oxygens (including phenoxy) is 1. The first-order chi connectivity index (χ1) is 8.54. The Morgan fingerprint density at radius 3 is 2.72 bits per heavy atom. The van der Waals surface area contributed by atoms with Gasteiger partial charge >= 0.3 is 5.97 Å². The van der Waals surface area contributed by atoms with Crippen LogP contribution < -0.4 is 5.73 Å². The number of nitrogen functional groups attached to an aromatic ring is 1. The number of carboxylic acid groups (broad SMARTS) is 1. The SMILES string of the molecule is COCCN(CC(=O)O)C(=O)c1cccc(N)c1. The summed E-state index contributed by atoms with van der Waals surface area (Å²) in [7, 11) is 1.49. The predicted octanol–water partition coefficient (Wildman–Crippen LogP) is 0.442. The zero-order valence-corrected chi connectivity index (χ0v) is 10.1. The highest BCUT2D eigenvalue weighted by Gasteiger charge is 2.18. The van der Waals surface area contributed by atoms with E-state index in [0.29, 0.717) is 11.3 Å². The topological polar surface area (TPSA) is 92.9 Å². The second-order valence-electron chi connectivity index (χ2n) is 3.74. The molecule has 0 aliphatic heterocycles. The summed E-state index contributed by atoms with van der Waals surface area (Å²) in [5.74, 6) is -1.44. The fourth-order valence-electron chi connectivity index (χ4n) is 1.47. The summed E-state index contributed by atoms with van der Waals surface area (Å²) in [6.45, 7) is 0.134. The van der Waals surface area contributed by atoms with E-state index in [1.165, 1.54) is 18.1 Å². The Morgan fingerprint density at radius 2 is 2.17 bits per heavy atom. The summed E-state index contributed by atoms with van der Waals surface area (Å²) in [6, 6.07) is 6.43. The molecule has 1 amide bonds. The lowest BCUT2D eigenvalue weighted by Gasteiger charge is -2.20. The van der Waals surface area contributed by atoms with Gasteiger partial charge in [-0.15, -0.1) is 0 Å². The molecule has 0 aliphatic carbocycles. The Kier molecular flexibility index (Phi) is 5.13. The van der Waals surface area contributed by atoms with Crippen molar-refractivity contribution in [3.8, 4) is 0 Å². The van der Waals surface area contributed by atoms with Crippen LogP contribution in [0.15, 0.2) is 24.3 Å². The molecular formula is C12H16N2O4. The van der Waals surface area contributed by atoms with E-state index in [1.807, 2.05) is 0 Å². The highest BCUT2D eigenvalue weighted by Crippen LogP contribution is 2.09. The van der Waals surface area contributed by atoms with Crippen LogP contribution in [0.3, 0.4) is 0 Å². The third-order valence-electron chi connectivity index (χ3n) is 2.31. The van der Waals surface area contributed by atoms with E-state index >= 15 is 0 Å². The Labute approximate surface area is 105 Å². The summed E-state index contributed by atoms with van der Waals surface area (Å²) >= 11 is 0. The average molecular weight is 252 g/mol. The molecule has 0 atom stereocenters. The predicted molar refractivity (Wildman–Crippen MR) is 66.3 cm³/mol. The number of hydrogen-bond donors (Lipinski definition) is 2. The minimum atomic E-state index is -1.07. The van der Waals surface area contributed by atoms with Gasteiger partial charge in [-0.1, -0.05) is 6.07 Å². The molecule has 6 nitrogen and oxygen atoms in total. The highest BCUT2D eigenvalue weighted by molar-refractivity contribution is 5.96. The van der Waals surface area contributed by atoms with E-state index < -0.39 is 5.97 Å². The van der Waals surface area contributed by atoms with Gasteiger partial charge in [0.05, 0.1) is 6.61 Å². The molecule has 1 aromatic carbocycles. The van der Waals surface area contributed by atoms with Gasteiger partial charge in [-0.2, -0.15) is 0 Å². The molecule has 3 N–H and O–H groups in total. The van der Waals surface area contributed by atoms with Crippen molar-refractivity contribution in [1.82, 2.24) is 4.90 Å². The highest BCUT2D eigenvalue weighted by atomic mass is 16.5. The monoisotopic (exact) mass is 252 g/mol. The second kappa shape index (κ2) is 6.61. The number of nitrogens with two attached hydrogens (primary N) is 1. The third-order valence-corrected chi connectivity index (χ3v) is 2.31. The second-order valence-corrected chi connectivity index (χ2v) is 3.74. The number of aliphatic carboxylic acids is 1. The number of carboxylic acids is 1. The Balaban J connectivity index is 2.83. The summed E-state index contributed by atoms with van der Waals surface area (Å²) in [5.41, 5.74) is 6.42. The van der Waals surface area contributed by atoms with Gasteiger partial charge in [-0.25, -0.2) is 0 Å². The van der Waals surface area contributed by atoms with E-state index in [9.17, 15) is 9.59 Å². The lowest BCUT2D eigenvalue weighted by molar-refractivity contribution is -0.137. The summed E-state index contributed by atoms with van der Waals surface area (Å²) in [5, 5.41) is 8.77. The Morgan fingerprint density at radius 1 is 1.44 bits per heavy atom. The minimum Gasteiger partial charge on any atom is -0.480 e. The van der Waals surface area contributed by atoms with Gasteiger partial charge in [0.25, 0.3) is 5.91 Å². The van der Waals surface area contributed by atoms with Crippen LogP contribution in [0.4, 0.5) is 5.69 Å². The Bertz CT molecular complexity index is 434. The van der Waals surface area contributed by atoms with Crippen LogP contribution in [0.5, 0.6) is 0 Å². The van der Waals surface area contributed by atoms with Gasteiger partial charge in [0, 0.05) is 24.9 Å². The largest absolute Gasteiger partial charge is 0.480 e. The molecule has 6 heteroatoms. The first-order valence-electron chi connectivity index (χ1n) is 5.40. The summed E-state index contributed by atoms with van der Waals surface area (Å²) in [6.07, 6.45) is 0. The number of benzene rings is 1. The smallest absolute Gasteiger partial charge is 0.323 e. The average Bonchev–Trinajstić information content (AvgIpc) is 2.33. The van der Waals surface area contributed by atoms with E-state index in [0.717, 1.165) is 0 Å². The number of anilines is 1. The van der Waals surface area contributed by atoms with Gasteiger partial charge in [0.1, 0.15) is 6.54 Å². The number of amides is 1. The fourth-order valence-corrected chi connectivity index (χ4v) is 1.47. The number of rotatable bonds is 6. The standard InChI is InChI=1S/C12H16N2O4/c1-18-6-5-14(8-11(15)16)12(17)9-3-2-4-10(13)7-9/h2-4,7H,5-6,8,13H2,1H3,(H,15,16). The summed E-state index contributed by atoms with van der Waals surface area (Å²) < 4.78 is 4.85. The molecule has 0 spiro atoms. The van der Waals surface area contributed by atoms with Crippen LogP contribution in [-0.2, 0) is 9.53 Å². The molecule has 0 fully saturated rings. The molecule has 98 valence electrons. The van der Waals surface area contributed by atoms with Crippen molar-refractivity contribution >= 4 is 17.6 Å². The minimum absolute atomic E-state index is 0.219. The number of methoxy groups -OCH3 is 1. The quantitative estimate of drug-likeness (QED) is 0.717. The first-order valence-corrected chi connectivity index (χ1v) is 5.40. The van der Waals surface area contributed by atoms with Crippen molar-refractivity contribution < 1.29 is 19.4 Å². The van der Waals surface area contributed by atoms with Crippen LogP contribution in [0, 0.1) is 0 Å². The van der Waals surface area contributed by atoms with Crippen molar-refractivity contribution in [2.24, 2.45) is 0 Å². The van der Waals surface area contributed by atoms with Crippen molar-refractivity contribution in [1.29, 1.82) is 0 Å². The number of carbonyl (C=O) groups excluding carboxylic acids is 1. The molecular weight excluding hydrogens is 236 g/mol. The van der Waals surface area contributed by atoms with E-state index in [4.69, 9.17) is 15.6 Å². The molecule has 0 saturated carbocycles. The molecule has 1 rings (SSSR count). The van der Waals surface area contributed by atoms with Gasteiger partial charge in [-0.3, -0.25) is 9.59 Å². The van der Waals surface area contributed by atoms with Gasteiger partial charge in [-0.05, 0) is 18.2 Å². The molecule has 0 unspecified atom stereocenters. The van der Waals surface area contributed by atoms with E-state index in [-0.39, 0.29) is 25.6 Å². The maximum absolute atomic E-state index is 12.1. The van der Waals surface area contributed by atoms with Crippen LogP contribution >= 0.6 is 0 Å². The first kappa shape index (κ1) is 14.0. The van der Waals surface area contributed by atoms with Crippen molar-refractivity contribution in [3.63, 3.8) is 0 Å². The van der Waals surface area contributed by atoms with Crippen molar-refractivity contribution in [3.05, 3.63) is 29.8 Å². The maximum atomic E-state index is 12.1. The zero-order chi connectivity index (χ0) is 13.5. The molecule has 0 heterocycles. The summed E-state index contributed by atoms with van der Waals surface area (Å²) in [4.78, 5) is 24.0. The molecule has 0 bridgehead atoms. The van der Waals surface area contributed by atoms with Gasteiger partial charge < -0.3 is 20.5 Å². The van der Waals surface area contributed by atoms with Crippen LogP contribution in [-0.4, -0.2) is 48.7 Å². The normalized spacial score (nSPS) is 10.1. The Hall–Kier alpha value is -2.08. The van der Waals surface area contributed by atoms with E-state index in [2.05, 4.69) is 0 Å². The molecule has 1 aromatic rings.